The van der Waals surface area contributed by atoms with Crippen LogP contribution in [0.15, 0.2) is 0 Å². The molecule has 16 heavy (non-hydrogen) atoms. The van der Waals surface area contributed by atoms with E-state index in [9.17, 15) is 4.79 Å². The van der Waals surface area contributed by atoms with Crippen LogP contribution in [0.4, 0.5) is 0 Å². The number of hydrogen-bond donors (Lipinski definition) is 1. The van der Waals surface area contributed by atoms with Gasteiger partial charge in [0.1, 0.15) is 0 Å². The summed E-state index contributed by atoms with van der Waals surface area (Å²) in [5.41, 5.74) is 5.84. The third kappa shape index (κ3) is 2.69. The van der Waals surface area contributed by atoms with Crippen LogP contribution in [0.25, 0.3) is 0 Å². The smallest absolute Gasteiger partial charge is 0.228 e. The summed E-state index contributed by atoms with van der Waals surface area (Å²) in [4.78, 5) is 14.3. The normalized spacial score (nSPS) is 28.6. The molecule has 0 aromatic carbocycles. The van der Waals surface area contributed by atoms with Crippen LogP contribution in [0.3, 0.4) is 0 Å². The lowest BCUT2D eigenvalue weighted by Crippen LogP contribution is -2.50. The summed E-state index contributed by atoms with van der Waals surface area (Å²) in [6.07, 6.45) is 6.70. The molecule has 2 N–H and O–H groups in total. The first-order valence-electron chi connectivity index (χ1n) is 6.17. The molecule has 1 aliphatic heterocycles. The van der Waals surface area contributed by atoms with Crippen LogP contribution in [0.5, 0.6) is 0 Å². The molecule has 2 fully saturated rings. The average molecular weight is 247 g/mol. The summed E-state index contributed by atoms with van der Waals surface area (Å²) in [7, 11) is 0. The van der Waals surface area contributed by atoms with E-state index in [4.69, 9.17) is 5.73 Å². The van der Waals surface area contributed by atoms with Crippen molar-refractivity contribution in [1.82, 2.24) is 4.90 Å². The van der Waals surface area contributed by atoms with Gasteiger partial charge < -0.3 is 10.6 Å². The minimum Gasteiger partial charge on any atom is -0.341 e. The number of likely N-dealkylation sites (tertiary alicyclic amines) is 1. The summed E-state index contributed by atoms with van der Waals surface area (Å²) in [5, 5.41) is 0. The highest BCUT2D eigenvalue weighted by Crippen LogP contribution is 2.39. The lowest BCUT2D eigenvalue weighted by atomic mass is 9.86. The number of hydrogen-bond acceptors (Lipinski definition) is 2. The molecule has 0 aromatic heterocycles. The molecule has 0 unspecified atom stereocenters. The second-order valence-electron chi connectivity index (χ2n) is 5.42. The van der Waals surface area contributed by atoms with E-state index in [2.05, 4.69) is 6.92 Å². The fraction of sp³-hybridized carbons (Fsp3) is 0.917. The van der Waals surface area contributed by atoms with Gasteiger partial charge in [-0.3, -0.25) is 4.79 Å². The quantitative estimate of drug-likeness (QED) is 0.769. The van der Waals surface area contributed by atoms with Crippen LogP contribution in [0, 0.1) is 5.41 Å². The van der Waals surface area contributed by atoms with Gasteiger partial charge in [0.2, 0.25) is 5.91 Å². The molecule has 1 amide bonds. The van der Waals surface area contributed by atoms with Gasteiger partial charge in [-0.2, -0.15) is 0 Å². The van der Waals surface area contributed by atoms with Crippen LogP contribution >= 0.6 is 12.4 Å². The number of nitrogens with two attached hydrogens (primary N) is 1. The monoisotopic (exact) mass is 246 g/mol. The van der Waals surface area contributed by atoms with Crippen LogP contribution in [-0.4, -0.2) is 29.9 Å². The summed E-state index contributed by atoms with van der Waals surface area (Å²) in [6, 6.07) is 0.202. The lowest BCUT2D eigenvalue weighted by Gasteiger charge is -2.36. The number of rotatable bonds is 1. The van der Waals surface area contributed by atoms with Crippen LogP contribution < -0.4 is 5.73 Å². The molecule has 4 heteroatoms. The fourth-order valence-corrected chi connectivity index (χ4v) is 2.95. The molecule has 0 radical (unpaired) electrons. The number of halogens is 1. The first kappa shape index (κ1) is 13.8. The Morgan fingerprint density at radius 3 is 2.50 bits per heavy atom. The van der Waals surface area contributed by atoms with E-state index in [0.29, 0.717) is 5.91 Å². The van der Waals surface area contributed by atoms with Crippen molar-refractivity contribution < 1.29 is 4.79 Å². The molecule has 1 atom stereocenters. The van der Waals surface area contributed by atoms with Crippen molar-refractivity contribution in [3.05, 3.63) is 0 Å². The van der Waals surface area contributed by atoms with Gasteiger partial charge in [-0.15, -0.1) is 12.4 Å². The molecule has 1 saturated heterocycles. The topological polar surface area (TPSA) is 46.3 Å². The zero-order chi connectivity index (χ0) is 10.9. The number of carbonyl (C=O) groups is 1. The van der Waals surface area contributed by atoms with Gasteiger partial charge in [0, 0.05) is 24.5 Å². The maximum Gasteiger partial charge on any atom is 0.228 e. The maximum atomic E-state index is 12.3. The Labute approximate surface area is 104 Å². The molecule has 0 spiro atoms. The molecule has 0 bridgehead atoms. The summed E-state index contributed by atoms with van der Waals surface area (Å²) >= 11 is 0. The summed E-state index contributed by atoms with van der Waals surface area (Å²) < 4.78 is 0. The Hall–Kier alpha value is -0.280. The van der Waals surface area contributed by atoms with Crippen molar-refractivity contribution in [2.24, 2.45) is 11.1 Å². The molecule has 2 aliphatic rings. The maximum absolute atomic E-state index is 12.3. The van der Waals surface area contributed by atoms with E-state index >= 15 is 0 Å². The van der Waals surface area contributed by atoms with Gasteiger partial charge in [0.15, 0.2) is 0 Å². The largest absolute Gasteiger partial charge is 0.341 e. The number of carbonyl (C=O) groups excluding carboxylic acids is 1. The van der Waals surface area contributed by atoms with Gasteiger partial charge >= 0.3 is 0 Å². The van der Waals surface area contributed by atoms with Crippen LogP contribution in [0.2, 0.25) is 0 Å². The van der Waals surface area contributed by atoms with Gasteiger partial charge in [0.25, 0.3) is 0 Å². The predicted octanol–water partition coefficient (Wildman–Crippen LogP) is 1.94. The molecular weight excluding hydrogens is 224 g/mol. The SMILES string of the molecule is CC1(C(=O)N2CCC[C@@H](N)C2)CCCC1.Cl. The van der Waals surface area contributed by atoms with Gasteiger partial charge in [-0.25, -0.2) is 0 Å². The molecule has 2 rings (SSSR count). The minimum absolute atomic E-state index is 0. The standard InChI is InChI=1S/C12H22N2O.ClH/c1-12(6-2-3-7-12)11(15)14-8-4-5-10(13)9-14;/h10H,2-9,13H2,1H3;1H/t10-;/m1./s1. The highest BCUT2D eigenvalue weighted by molar-refractivity contribution is 5.85. The Kier molecular flexibility index (Phi) is 4.62. The second-order valence-corrected chi connectivity index (χ2v) is 5.42. The summed E-state index contributed by atoms with van der Waals surface area (Å²) in [6.45, 7) is 3.82. The number of amides is 1. The Morgan fingerprint density at radius 1 is 1.31 bits per heavy atom. The Bertz CT molecular complexity index is 251. The van der Waals surface area contributed by atoms with Crippen molar-refractivity contribution in [2.45, 2.75) is 51.5 Å². The Morgan fingerprint density at radius 2 is 1.94 bits per heavy atom. The number of nitrogens with zero attached hydrogens (tertiary/aromatic N) is 1. The molecule has 94 valence electrons. The van der Waals surface area contributed by atoms with E-state index in [0.717, 1.165) is 38.8 Å². The first-order valence-corrected chi connectivity index (χ1v) is 6.17. The average Bonchev–Trinajstić information content (AvgIpc) is 2.65. The lowest BCUT2D eigenvalue weighted by molar-refractivity contribution is -0.142. The van der Waals surface area contributed by atoms with E-state index in [1.54, 1.807) is 0 Å². The van der Waals surface area contributed by atoms with E-state index < -0.39 is 0 Å². The molecular formula is C12H23ClN2O. The van der Waals surface area contributed by atoms with Crippen LogP contribution in [-0.2, 0) is 4.79 Å². The third-order valence-corrected chi connectivity index (χ3v) is 3.97. The van der Waals surface area contributed by atoms with E-state index in [1.807, 2.05) is 4.90 Å². The van der Waals surface area contributed by atoms with E-state index in [1.165, 1.54) is 12.8 Å². The minimum atomic E-state index is -0.0724. The van der Waals surface area contributed by atoms with Crippen molar-refractivity contribution in [1.29, 1.82) is 0 Å². The number of piperidine rings is 1. The van der Waals surface area contributed by atoms with Gasteiger partial charge in [-0.05, 0) is 25.7 Å². The van der Waals surface area contributed by atoms with Crippen molar-refractivity contribution >= 4 is 18.3 Å². The second kappa shape index (κ2) is 5.37. The van der Waals surface area contributed by atoms with Crippen molar-refractivity contribution in [2.75, 3.05) is 13.1 Å². The van der Waals surface area contributed by atoms with Crippen LogP contribution in [0.1, 0.15) is 45.4 Å². The molecule has 3 nitrogen and oxygen atoms in total. The fourth-order valence-electron chi connectivity index (χ4n) is 2.95. The van der Waals surface area contributed by atoms with Crippen molar-refractivity contribution in [3.8, 4) is 0 Å². The zero-order valence-electron chi connectivity index (χ0n) is 10.1. The predicted molar refractivity (Wildman–Crippen MR) is 67.6 cm³/mol. The third-order valence-electron chi connectivity index (χ3n) is 3.97. The highest BCUT2D eigenvalue weighted by Gasteiger charge is 2.39. The molecule has 1 aliphatic carbocycles. The summed E-state index contributed by atoms with van der Waals surface area (Å²) in [5.74, 6) is 0.357. The zero-order valence-corrected chi connectivity index (χ0v) is 10.9. The van der Waals surface area contributed by atoms with E-state index in [-0.39, 0.29) is 23.9 Å². The molecule has 1 saturated carbocycles. The Balaban J connectivity index is 0.00000128. The molecule has 0 aromatic rings. The molecule has 1 heterocycles. The van der Waals surface area contributed by atoms with Gasteiger partial charge in [-0.1, -0.05) is 19.8 Å². The first-order chi connectivity index (χ1) is 7.12. The van der Waals surface area contributed by atoms with Gasteiger partial charge in [0.05, 0.1) is 0 Å². The highest BCUT2D eigenvalue weighted by atomic mass is 35.5. The van der Waals surface area contributed by atoms with Crippen molar-refractivity contribution in [3.63, 3.8) is 0 Å².